The van der Waals surface area contributed by atoms with Gasteiger partial charge in [-0.2, -0.15) is 0 Å². The van der Waals surface area contributed by atoms with Gasteiger partial charge in [0.15, 0.2) is 0 Å². The van der Waals surface area contributed by atoms with Crippen molar-refractivity contribution in [3.63, 3.8) is 0 Å². The number of hydrogen-bond donors (Lipinski definition) is 1. The highest BCUT2D eigenvalue weighted by Crippen LogP contribution is 2.27. The zero-order valence-electron chi connectivity index (χ0n) is 18.2. The van der Waals surface area contributed by atoms with Gasteiger partial charge in [-0.15, -0.1) is 11.8 Å². The van der Waals surface area contributed by atoms with Gasteiger partial charge < -0.3 is 20.0 Å². The highest BCUT2D eigenvalue weighted by Gasteiger charge is 2.35. The Bertz CT molecular complexity index is 925. The number of likely N-dealkylation sites (N-methyl/N-ethyl adjacent to an activating group) is 1. The average Bonchev–Trinajstić information content (AvgIpc) is 3.20. The lowest BCUT2D eigenvalue weighted by atomic mass is 10.1. The van der Waals surface area contributed by atoms with E-state index in [9.17, 15) is 9.59 Å². The smallest absolute Gasteiger partial charge is 0.227 e. The summed E-state index contributed by atoms with van der Waals surface area (Å²) in [4.78, 5) is 33.0. The van der Waals surface area contributed by atoms with Crippen molar-refractivity contribution in [2.24, 2.45) is 5.92 Å². The van der Waals surface area contributed by atoms with Crippen molar-refractivity contribution < 1.29 is 9.59 Å². The Balaban J connectivity index is 1.37. The molecule has 2 aromatic carbocycles. The molecule has 2 aromatic rings. The number of rotatable bonds is 6. The predicted molar refractivity (Wildman–Crippen MR) is 127 cm³/mol. The fourth-order valence-electron chi connectivity index (χ4n) is 4.24. The summed E-state index contributed by atoms with van der Waals surface area (Å²) < 4.78 is 0. The van der Waals surface area contributed by atoms with Crippen molar-refractivity contribution in [3.05, 3.63) is 54.1 Å². The largest absolute Gasteiger partial charge is 0.369 e. The zero-order chi connectivity index (χ0) is 21.8. The molecular weight excluding hydrogens is 408 g/mol. The third kappa shape index (κ3) is 5.05. The van der Waals surface area contributed by atoms with Crippen LogP contribution in [0.5, 0.6) is 0 Å². The molecule has 0 aromatic heterocycles. The van der Waals surface area contributed by atoms with E-state index in [0.29, 0.717) is 13.1 Å². The molecule has 0 saturated carbocycles. The molecule has 1 unspecified atom stereocenters. The van der Waals surface area contributed by atoms with Gasteiger partial charge >= 0.3 is 0 Å². The van der Waals surface area contributed by atoms with Crippen LogP contribution in [0.15, 0.2) is 53.4 Å². The van der Waals surface area contributed by atoms with Crippen LogP contribution in [-0.2, 0) is 16.1 Å². The van der Waals surface area contributed by atoms with Crippen molar-refractivity contribution in [1.82, 2.24) is 10.2 Å². The number of thioether (sulfide) groups is 1. The van der Waals surface area contributed by atoms with Crippen LogP contribution < -0.4 is 15.1 Å². The van der Waals surface area contributed by atoms with Crippen LogP contribution in [0.25, 0.3) is 0 Å². The third-order valence-electron chi connectivity index (χ3n) is 6.17. The predicted octanol–water partition coefficient (Wildman–Crippen LogP) is 2.83. The molecule has 0 aliphatic carbocycles. The van der Waals surface area contributed by atoms with Gasteiger partial charge in [0.2, 0.25) is 11.8 Å². The summed E-state index contributed by atoms with van der Waals surface area (Å²) in [5, 5.41) is 3.08. The van der Waals surface area contributed by atoms with E-state index in [1.807, 2.05) is 36.6 Å². The number of anilines is 2. The molecule has 2 fully saturated rings. The molecule has 2 amide bonds. The molecule has 7 heteroatoms. The van der Waals surface area contributed by atoms with Gasteiger partial charge in [-0.25, -0.2) is 0 Å². The standard InChI is InChI=1S/C24H30N4O2S/c1-26-11-13-27(14-12-26)22-6-4-3-5-18(22)16-25-24(30)19-15-23(29)28(17-19)20-7-9-21(31-2)10-8-20/h3-10,19H,11-17H2,1-2H3,(H,25,30). The highest BCUT2D eigenvalue weighted by atomic mass is 32.2. The number of carbonyl (C=O) groups excluding carboxylic acids is 2. The summed E-state index contributed by atoms with van der Waals surface area (Å²) >= 11 is 1.67. The van der Waals surface area contributed by atoms with E-state index in [4.69, 9.17) is 0 Å². The maximum absolute atomic E-state index is 12.9. The van der Waals surface area contributed by atoms with Crippen molar-refractivity contribution in [3.8, 4) is 0 Å². The molecule has 1 N–H and O–H groups in total. The van der Waals surface area contributed by atoms with E-state index in [0.717, 1.165) is 42.3 Å². The van der Waals surface area contributed by atoms with Crippen LogP contribution in [0.1, 0.15) is 12.0 Å². The van der Waals surface area contributed by atoms with E-state index < -0.39 is 0 Å². The number of hydrogen-bond acceptors (Lipinski definition) is 5. The molecular formula is C24H30N4O2S. The number of benzene rings is 2. The first-order valence-corrected chi connectivity index (χ1v) is 12.0. The summed E-state index contributed by atoms with van der Waals surface area (Å²) in [6.07, 6.45) is 2.29. The van der Waals surface area contributed by atoms with Gasteiger partial charge in [0, 0.05) is 62.0 Å². The molecule has 4 rings (SSSR count). The Morgan fingerprint density at radius 3 is 2.48 bits per heavy atom. The minimum Gasteiger partial charge on any atom is -0.369 e. The first-order valence-electron chi connectivity index (χ1n) is 10.8. The minimum atomic E-state index is -0.316. The maximum atomic E-state index is 12.9. The summed E-state index contributed by atoms with van der Waals surface area (Å²) in [6, 6.07) is 16.2. The second kappa shape index (κ2) is 9.75. The number of para-hydroxylation sites is 1. The molecule has 0 radical (unpaired) electrons. The van der Waals surface area contributed by atoms with Crippen LogP contribution in [0.2, 0.25) is 0 Å². The number of nitrogens with one attached hydrogen (secondary N) is 1. The highest BCUT2D eigenvalue weighted by molar-refractivity contribution is 7.98. The summed E-state index contributed by atoms with van der Waals surface area (Å²) in [6.45, 7) is 4.97. The molecule has 6 nitrogen and oxygen atoms in total. The average molecular weight is 439 g/mol. The first-order chi connectivity index (χ1) is 15.0. The zero-order valence-corrected chi connectivity index (χ0v) is 19.0. The van der Waals surface area contributed by atoms with Crippen molar-refractivity contribution in [2.75, 3.05) is 55.8 Å². The Kier molecular flexibility index (Phi) is 6.83. The molecule has 2 saturated heterocycles. The Morgan fingerprint density at radius 1 is 1.06 bits per heavy atom. The fraction of sp³-hybridized carbons (Fsp3) is 0.417. The monoisotopic (exact) mass is 438 g/mol. The van der Waals surface area contributed by atoms with Crippen LogP contribution in [0, 0.1) is 5.92 Å². The normalized spacial score (nSPS) is 19.7. The van der Waals surface area contributed by atoms with Gasteiger partial charge in [-0.3, -0.25) is 9.59 Å². The SMILES string of the molecule is CSc1ccc(N2CC(C(=O)NCc3ccccc3N3CCN(C)CC3)CC2=O)cc1. The van der Waals surface area contributed by atoms with Crippen molar-refractivity contribution in [1.29, 1.82) is 0 Å². The molecule has 0 spiro atoms. The lowest BCUT2D eigenvalue weighted by molar-refractivity contribution is -0.126. The molecule has 2 aliphatic rings. The van der Waals surface area contributed by atoms with Crippen LogP contribution in [0.3, 0.4) is 0 Å². The van der Waals surface area contributed by atoms with Gasteiger partial charge in [0.25, 0.3) is 0 Å². The van der Waals surface area contributed by atoms with Crippen LogP contribution >= 0.6 is 11.8 Å². The van der Waals surface area contributed by atoms with Gasteiger partial charge in [-0.1, -0.05) is 18.2 Å². The molecule has 31 heavy (non-hydrogen) atoms. The Labute approximate surface area is 188 Å². The topological polar surface area (TPSA) is 55.9 Å². The Morgan fingerprint density at radius 2 is 1.77 bits per heavy atom. The lowest BCUT2D eigenvalue weighted by Crippen LogP contribution is -2.45. The van der Waals surface area contributed by atoms with Gasteiger partial charge in [-0.05, 0) is 49.2 Å². The van der Waals surface area contributed by atoms with Crippen LogP contribution in [0.4, 0.5) is 11.4 Å². The molecule has 0 bridgehead atoms. The lowest BCUT2D eigenvalue weighted by Gasteiger charge is -2.35. The van der Waals surface area contributed by atoms with E-state index in [1.54, 1.807) is 16.7 Å². The van der Waals surface area contributed by atoms with Crippen molar-refractivity contribution in [2.45, 2.75) is 17.9 Å². The second-order valence-corrected chi connectivity index (χ2v) is 9.12. The quantitative estimate of drug-likeness (QED) is 0.703. The van der Waals surface area contributed by atoms with E-state index >= 15 is 0 Å². The van der Waals surface area contributed by atoms with E-state index in [2.05, 4.69) is 40.4 Å². The fourth-order valence-corrected chi connectivity index (χ4v) is 4.65. The summed E-state index contributed by atoms with van der Waals surface area (Å²) in [7, 11) is 2.15. The second-order valence-electron chi connectivity index (χ2n) is 8.24. The van der Waals surface area contributed by atoms with E-state index in [1.165, 1.54) is 5.69 Å². The summed E-state index contributed by atoms with van der Waals surface area (Å²) in [5.41, 5.74) is 3.17. The number of piperazine rings is 1. The molecule has 2 aliphatic heterocycles. The Hall–Kier alpha value is -2.51. The van der Waals surface area contributed by atoms with Crippen LogP contribution in [-0.4, -0.2) is 62.7 Å². The number of amides is 2. The number of carbonyl (C=O) groups is 2. The molecule has 164 valence electrons. The molecule has 2 heterocycles. The minimum absolute atomic E-state index is 0.00916. The third-order valence-corrected chi connectivity index (χ3v) is 6.91. The van der Waals surface area contributed by atoms with Gasteiger partial charge in [0.05, 0.1) is 5.92 Å². The maximum Gasteiger partial charge on any atom is 0.227 e. The van der Waals surface area contributed by atoms with Gasteiger partial charge in [0.1, 0.15) is 0 Å². The first kappa shape index (κ1) is 21.7. The summed E-state index contributed by atoms with van der Waals surface area (Å²) in [5.74, 6) is -0.358. The van der Waals surface area contributed by atoms with Crippen molar-refractivity contribution >= 4 is 35.0 Å². The van der Waals surface area contributed by atoms with E-state index in [-0.39, 0.29) is 24.2 Å². The molecule has 1 atom stereocenters. The number of nitrogens with zero attached hydrogens (tertiary/aromatic N) is 3.